The molecule has 2 heterocycles. The van der Waals surface area contributed by atoms with E-state index >= 15 is 0 Å². The predicted molar refractivity (Wildman–Crippen MR) is 92.6 cm³/mol. The van der Waals surface area contributed by atoms with Crippen molar-refractivity contribution >= 4 is 28.8 Å². The maximum atomic E-state index is 12.0. The Hall–Kier alpha value is -2.55. The zero-order valence-electron chi connectivity index (χ0n) is 12.0. The number of H-pyrrole nitrogens is 1. The van der Waals surface area contributed by atoms with Crippen molar-refractivity contribution < 1.29 is 4.79 Å². The second-order valence-electron chi connectivity index (χ2n) is 4.61. The molecule has 2 N–H and O–H groups in total. The van der Waals surface area contributed by atoms with Crippen molar-refractivity contribution in [2.24, 2.45) is 0 Å². The number of carbonyl (C=O) groups excluding carboxylic acids is 1. The quantitative estimate of drug-likeness (QED) is 0.715. The molecular formula is C17H12ClN3OS. The molecule has 4 nitrogen and oxygen atoms in total. The summed E-state index contributed by atoms with van der Waals surface area (Å²) in [7, 11) is 0. The average molecular weight is 342 g/mol. The van der Waals surface area contributed by atoms with Gasteiger partial charge in [-0.05, 0) is 29.6 Å². The molecule has 0 saturated carbocycles. The van der Waals surface area contributed by atoms with Crippen molar-refractivity contribution in [1.82, 2.24) is 15.5 Å². The third-order valence-electron chi connectivity index (χ3n) is 3.03. The first-order chi connectivity index (χ1) is 11.2. The number of halogens is 1. The van der Waals surface area contributed by atoms with Gasteiger partial charge in [0.25, 0.3) is 5.91 Å². The van der Waals surface area contributed by atoms with E-state index in [1.807, 2.05) is 35.7 Å². The molecule has 2 aromatic heterocycles. The Morgan fingerprint density at radius 1 is 1.30 bits per heavy atom. The van der Waals surface area contributed by atoms with E-state index in [2.05, 4.69) is 27.4 Å². The van der Waals surface area contributed by atoms with Crippen LogP contribution in [0.5, 0.6) is 0 Å². The number of carbonyl (C=O) groups is 1. The van der Waals surface area contributed by atoms with Crippen LogP contribution < -0.4 is 5.32 Å². The lowest BCUT2D eigenvalue weighted by Crippen LogP contribution is -2.23. The van der Waals surface area contributed by atoms with Gasteiger partial charge in [-0.15, -0.1) is 11.3 Å². The molecule has 0 aliphatic heterocycles. The number of benzene rings is 1. The molecule has 1 aromatic carbocycles. The molecule has 23 heavy (non-hydrogen) atoms. The monoisotopic (exact) mass is 341 g/mol. The first-order valence-corrected chi connectivity index (χ1v) is 8.10. The topological polar surface area (TPSA) is 57.8 Å². The Bertz CT molecular complexity index is 875. The van der Waals surface area contributed by atoms with Crippen molar-refractivity contribution in [3.8, 4) is 22.4 Å². The Morgan fingerprint density at radius 2 is 2.17 bits per heavy atom. The van der Waals surface area contributed by atoms with E-state index in [9.17, 15) is 4.79 Å². The van der Waals surface area contributed by atoms with E-state index < -0.39 is 0 Å². The first kappa shape index (κ1) is 15.3. The van der Waals surface area contributed by atoms with Gasteiger partial charge in [-0.2, -0.15) is 5.10 Å². The summed E-state index contributed by atoms with van der Waals surface area (Å²) in [6, 6.07) is 13.0. The molecule has 0 radical (unpaired) electrons. The van der Waals surface area contributed by atoms with E-state index in [1.165, 1.54) is 0 Å². The van der Waals surface area contributed by atoms with Gasteiger partial charge in [0.1, 0.15) is 0 Å². The highest BCUT2D eigenvalue weighted by Gasteiger charge is 2.10. The van der Waals surface area contributed by atoms with Gasteiger partial charge < -0.3 is 5.32 Å². The standard InChI is InChI=1S/C17H12ClN3OS/c18-13-7-2-1-5-12(13)6-3-9-19-17(22)15-11-14(20-21-15)16-8-4-10-23-16/h1-2,4-5,7-8,10-11H,9H2,(H,19,22)(H,20,21). The highest BCUT2D eigenvalue weighted by molar-refractivity contribution is 7.13. The molecule has 3 rings (SSSR count). The van der Waals surface area contributed by atoms with Gasteiger partial charge in [0.05, 0.1) is 22.1 Å². The zero-order valence-corrected chi connectivity index (χ0v) is 13.5. The molecule has 0 unspecified atom stereocenters. The lowest BCUT2D eigenvalue weighted by molar-refractivity contribution is 0.0953. The Labute approximate surface area is 142 Å². The van der Waals surface area contributed by atoms with Crippen LogP contribution in [-0.4, -0.2) is 22.6 Å². The number of aromatic amines is 1. The Morgan fingerprint density at radius 3 is 2.96 bits per heavy atom. The predicted octanol–water partition coefficient (Wildman–Crippen LogP) is 3.57. The van der Waals surface area contributed by atoms with E-state index in [0.29, 0.717) is 10.7 Å². The third-order valence-corrected chi connectivity index (χ3v) is 4.26. The van der Waals surface area contributed by atoms with Gasteiger partial charge in [0.2, 0.25) is 0 Å². The zero-order chi connectivity index (χ0) is 16.1. The summed E-state index contributed by atoms with van der Waals surface area (Å²) in [5.41, 5.74) is 1.91. The molecule has 0 bridgehead atoms. The molecule has 0 spiro atoms. The summed E-state index contributed by atoms with van der Waals surface area (Å²) < 4.78 is 0. The summed E-state index contributed by atoms with van der Waals surface area (Å²) in [5.74, 6) is 5.53. The molecule has 6 heteroatoms. The lowest BCUT2D eigenvalue weighted by Gasteiger charge is -1.96. The summed E-state index contributed by atoms with van der Waals surface area (Å²) >= 11 is 7.59. The number of nitrogens with zero attached hydrogens (tertiary/aromatic N) is 1. The minimum atomic E-state index is -0.266. The average Bonchev–Trinajstić information content (AvgIpc) is 3.23. The number of hydrogen-bond acceptors (Lipinski definition) is 3. The first-order valence-electron chi connectivity index (χ1n) is 6.85. The van der Waals surface area contributed by atoms with Crippen LogP contribution in [0, 0.1) is 11.8 Å². The van der Waals surface area contributed by atoms with Crippen LogP contribution in [0.2, 0.25) is 5.02 Å². The fourth-order valence-electron chi connectivity index (χ4n) is 1.91. The number of nitrogens with one attached hydrogen (secondary N) is 2. The van der Waals surface area contributed by atoms with Crippen LogP contribution in [0.25, 0.3) is 10.6 Å². The molecule has 114 valence electrons. The molecule has 0 saturated heterocycles. The second kappa shape index (κ2) is 7.14. The summed E-state index contributed by atoms with van der Waals surface area (Å²) in [6.45, 7) is 0.227. The van der Waals surface area contributed by atoms with Crippen LogP contribution in [0.3, 0.4) is 0 Å². The smallest absolute Gasteiger partial charge is 0.272 e. The fourth-order valence-corrected chi connectivity index (χ4v) is 2.79. The highest BCUT2D eigenvalue weighted by Crippen LogP contribution is 2.22. The van der Waals surface area contributed by atoms with E-state index in [1.54, 1.807) is 23.5 Å². The van der Waals surface area contributed by atoms with Crippen molar-refractivity contribution in [1.29, 1.82) is 0 Å². The number of hydrogen-bond donors (Lipinski definition) is 2. The summed E-state index contributed by atoms with van der Waals surface area (Å²) in [4.78, 5) is 13.1. The lowest BCUT2D eigenvalue weighted by atomic mass is 10.2. The molecule has 0 fully saturated rings. The summed E-state index contributed by atoms with van der Waals surface area (Å²) in [5, 5.41) is 12.2. The molecule has 0 aliphatic carbocycles. The van der Waals surface area contributed by atoms with Crippen LogP contribution in [-0.2, 0) is 0 Å². The normalized spacial score (nSPS) is 9.96. The second-order valence-corrected chi connectivity index (χ2v) is 5.96. The highest BCUT2D eigenvalue weighted by atomic mass is 35.5. The van der Waals surface area contributed by atoms with Crippen LogP contribution in [0.15, 0.2) is 47.8 Å². The van der Waals surface area contributed by atoms with E-state index in [-0.39, 0.29) is 12.5 Å². The van der Waals surface area contributed by atoms with Crippen molar-refractivity contribution in [2.45, 2.75) is 0 Å². The number of rotatable bonds is 3. The van der Waals surface area contributed by atoms with Crippen molar-refractivity contribution in [3.63, 3.8) is 0 Å². The van der Waals surface area contributed by atoms with Crippen molar-refractivity contribution in [3.05, 3.63) is 64.1 Å². The van der Waals surface area contributed by atoms with E-state index in [4.69, 9.17) is 11.6 Å². The van der Waals surface area contributed by atoms with Gasteiger partial charge >= 0.3 is 0 Å². The number of thiophene rings is 1. The van der Waals surface area contributed by atoms with Crippen LogP contribution in [0.4, 0.5) is 0 Å². The Kier molecular flexibility index (Phi) is 4.77. The minimum absolute atomic E-state index is 0.227. The largest absolute Gasteiger partial charge is 0.340 e. The van der Waals surface area contributed by atoms with Crippen LogP contribution >= 0.6 is 22.9 Å². The minimum Gasteiger partial charge on any atom is -0.340 e. The molecular weight excluding hydrogens is 330 g/mol. The maximum Gasteiger partial charge on any atom is 0.272 e. The van der Waals surface area contributed by atoms with Gasteiger partial charge in [0.15, 0.2) is 5.69 Å². The van der Waals surface area contributed by atoms with Gasteiger partial charge in [0, 0.05) is 5.56 Å². The van der Waals surface area contributed by atoms with E-state index in [0.717, 1.165) is 16.1 Å². The third kappa shape index (κ3) is 3.81. The molecule has 3 aromatic rings. The number of aromatic nitrogens is 2. The van der Waals surface area contributed by atoms with Crippen LogP contribution in [0.1, 0.15) is 16.1 Å². The molecule has 0 atom stereocenters. The fraction of sp³-hybridized carbons (Fsp3) is 0.0588. The number of amides is 1. The molecule has 1 amide bonds. The Balaban J connectivity index is 1.59. The molecule has 0 aliphatic rings. The van der Waals surface area contributed by atoms with Gasteiger partial charge in [-0.1, -0.05) is 41.6 Å². The van der Waals surface area contributed by atoms with Gasteiger partial charge in [-0.25, -0.2) is 0 Å². The SMILES string of the molecule is O=C(NCC#Cc1ccccc1Cl)c1cc(-c2cccs2)[nH]n1. The maximum absolute atomic E-state index is 12.0. The van der Waals surface area contributed by atoms with Crippen molar-refractivity contribution in [2.75, 3.05) is 6.54 Å². The van der Waals surface area contributed by atoms with Gasteiger partial charge in [-0.3, -0.25) is 9.89 Å². The summed E-state index contributed by atoms with van der Waals surface area (Å²) in [6.07, 6.45) is 0.